The third-order valence-corrected chi connectivity index (χ3v) is 4.71. The minimum absolute atomic E-state index is 0.234. The lowest BCUT2D eigenvalue weighted by atomic mass is 10.1. The molecule has 6 nitrogen and oxygen atoms in total. The van der Waals surface area contributed by atoms with E-state index in [-0.39, 0.29) is 6.61 Å². The molecule has 0 bridgehead atoms. The Morgan fingerprint density at radius 1 is 0.900 bits per heavy atom. The molecule has 0 spiro atoms. The summed E-state index contributed by atoms with van der Waals surface area (Å²) in [6.07, 6.45) is 0.989. The summed E-state index contributed by atoms with van der Waals surface area (Å²) in [6, 6.07) is 19.8. The highest BCUT2D eigenvalue weighted by Crippen LogP contribution is 2.28. The highest BCUT2D eigenvalue weighted by molar-refractivity contribution is 5.42. The van der Waals surface area contributed by atoms with Crippen LogP contribution in [0.15, 0.2) is 71.3 Å². The van der Waals surface area contributed by atoms with E-state index in [0.717, 1.165) is 11.3 Å². The van der Waals surface area contributed by atoms with E-state index >= 15 is 0 Å². The summed E-state index contributed by atoms with van der Waals surface area (Å²) in [5.74, 6) is 2.13. The van der Waals surface area contributed by atoms with E-state index in [4.69, 9.17) is 18.6 Å². The molecule has 2 aromatic carbocycles. The second-order valence-corrected chi connectivity index (χ2v) is 7.09. The molecule has 1 unspecified atom stereocenters. The third-order valence-electron chi connectivity index (χ3n) is 4.71. The zero-order valence-electron chi connectivity index (χ0n) is 17.5. The smallest absolute Gasteiger partial charge is 0.161 e. The van der Waals surface area contributed by atoms with Gasteiger partial charge in [0, 0.05) is 19.6 Å². The topological polar surface area (TPSA) is 64.3 Å². The van der Waals surface area contributed by atoms with Crippen molar-refractivity contribution in [3.05, 3.63) is 83.8 Å². The fourth-order valence-corrected chi connectivity index (χ4v) is 3.30. The molecule has 160 valence electrons. The molecule has 0 fully saturated rings. The molecule has 1 N–H and O–H groups in total. The summed E-state index contributed by atoms with van der Waals surface area (Å²) >= 11 is 0. The van der Waals surface area contributed by atoms with E-state index in [1.54, 1.807) is 20.5 Å². The van der Waals surface area contributed by atoms with Crippen LogP contribution in [0.3, 0.4) is 0 Å². The van der Waals surface area contributed by atoms with E-state index in [0.29, 0.717) is 37.7 Å². The number of ether oxygens (including phenoxy) is 3. The number of furan rings is 1. The fraction of sp³-hybridized carbons (Fsp3) is 0.333. The van der Waals surface area contributed by atoms with Crippen molar-refractivity contribution in [2.45, 2.75) is 25.8 Å². The van der Waals surface area contributed by atoms with Crippen LogP contribution in [0.5, 0.6) is 11.5 Å². The first-order valence-corrected chi connectivity index (χ1v) is 9.93. The van der Waals surface area contributed by atoms with Crippen molar-refractivity contribution >= 4 is 0 Å². The first-order valence-electron chi connectivity index (χ1n) is 9.93. The van der Waals surface area contributed by atoms with Gasteiger partial charge in [-0.15, -0.1) is 0 Å². The molecule has 3 rings (SSSR count). The number of methoxy groups -OCH3 is 2. The third kappa shape index (κ3) is 6.62. The highest BCUT2D eigenvalue weighted by Gasteiger charge is 2.15. The van der Waals surface area contributed by atoms with Gasteiger partial charge in [0.05, 0.1) is 33.2 Å². The van der Waals surface area contributed by atoms with Gasteiger partial charge < -0.3 is 23.7 Å². The zero-order chi connectivity index (χ0) is 21.2. The summed E-state index contributed by atoms with van der Waals surface area (Å²) < 4.78 is 21.6. The predicted molar refractivity (Wildman–Crippen MR) is 114 cm³/mol. The molecule has 1 aromatic heterocycles. The van der Waals surface area contributed by atoms with Gasteiger partial charge in [-0.1, -0.05) is 36.4 Å². The monoisotopic (exact) mass is 411 g/mol. The summed E-state index contributed by atoms with van der Waals surface area (Å²) in [7, 11) is 3.25. The Balaban J connectivity index is 1.63. The van der Waals surface area contributed by atoms with Crippen LogP contribution in [0, 0.1) is 0 Å². The molecule has 0 aliphatic rings. The standard InChI is InChI=1S/C24H29NO5/c1-27-23-11-10-20(13-24(23)28-2)15-25(14-19-7-4-3-5-8-19)16-21(26)17-29-18-22-9-6-12-30-22/h3-13,21,26H,14-18H2,1-2H3. The summed E-state index contributed by atoms with van der Waals surface area (Å²) in [4.78, 5) is 2.19. The van der Waals surface area contributed by atoms with Gasteiger partial charge >= 0.3 is 0 Å². The highest BCUT2D eigenvalue weighted by atomic mass is 16.5. The van der Waals surface area contributed by atoms with E-state index < -0.39 is 6.10 Å². The average Bonchev–Trinajstić information content (AvgIpc) is 3.28. The minimum Gasteiger partial charge on any atom is -0.493 e. The van der Waals surface area contributed by atoms with Crippen LogP contribution < -0.4 is 9.47 Å². The number of hydrogen-bond acceptors (Lipinski definition) is 6. The van der Waals surface area contributed by atoms with Crippen LogP contribution in [0.2, 0.25) is 0 Å². The number of rotatable bonds is 12. The lowest BCUT2D eigenvalue weighted by Gasteiger charge is -2.25. The maximum absolute atomic E-state index is 10.5. The van der Waals surface area contributed by atoms with Crippen molar-refractivity contribution in [1.29, 1.82) is 0 Å². The van der Waals surface area contributed by atoms with Gasteiger partial charge in [0.2, 0.25) is 0 Å². The van der Waals surface area contributed by atoms with E-state index in [1.807, 2.05) is 48.5 Å². The number of benzene rings is 2. The van der Waals surface area contributed by atoms with Crippen LogP contribution in [0.1, 0.15) is 16.9 Å². The molecule has 0 radical (unpaired) electrons. The number of hydrogen-bond donors (Lipinski definition) is 1. The van der Waals surface area contributed by atoms with Crippen molar-refractivity contribution < 1.29 is 23.7 Å². The Kier molecular flexibility index (Phi) is 8.32. The second-order valence-electron chi connectivity index (χ2n) is 7.09. The van der Waals surface area contributed by atoms with E-state index in [1.165, 1.54) is 5.56 Å². The molecule has 1 atom stereocenters. The average molecular weight is 411 g/mol. The number of nitrogens with zero attached hydrogens (tertiary/aromatic N) is 1. The van der Waals surface area contributed by atoms with Gasteiger partial charge in [-0.25, -0.2) is 0 Å². The number of aliphatic hydroxyl groups is 1. The van der Waals surface area contributed by atoms with Crippen LogP contribution in [-0.2, 0) is 24.4 Å². The maximum atomic E-state index is 10.5. The Hall–Kier alpha value is -2.80. The molecule has 0 saturated heterocycles. The Morgan fingerprint density at radius 3 is 2.37 bits per heavy atom. The van der Waals surface area contributed by atoms with Crippen molar-refractivity contribution in [3.8, 4) is 11.5 Å². The summed E-state index contributed by atoms with van der Waals surface area (Å²) in [5, 5.41) is 10.5. The van der Waals surface area contributed by atoms with Gasteiger partial charge in [-0.05, 0) is 35.4 Å². The Labute approximate surface area is 177 Å². The molecule has 30 heavy (non-hydrogen) atoms. The predicted octanol–water partition coefficient (Wildman–Crippen LogP) is 3.88. The van der Waals surface area contributed by atoms with Gasteiger partial charge in [-0.3, -0.25) is 4.90 Å². The van der Waals surface area contributed by atoms with E-state index in [9.17, 15) is 5.11 Å². The molecule has 3 aromatic rings. The number of aliphatic hydroxyl groups excluding tert-OH is 1. The lowest BCUT2D eigenvalue weighted by molar-refractivity contribution is 0.00252. The van der Waals surface area contributed by atoms with Crippen molar-refractivity contribution in [2.24, 2.45) is 0 Å². The lowest BCUT2D eigenvalue weighted by Crippen LogP contribution is -2.34. The van der Waals surface area contributed by atoms with Crippen LogP contribution in [-0.4, -0.2) is 43.5 Å². The van der Waals surface area contributed by atoms with Crippen LogP contribution >= 0.6 is 0 Å². The second kappa shape index (κ2) is 11.4. The van der Waals surface area contributed by atoms with Crippen molar-refractivity contribution in [2.75, 3.05) is 27.4 Å². The summed E-state index contributed by atoms with van der Waals surface area (Å²) in [5.41, 5.74) is 2.26. The molecule has 1 heterocycles. The normalized spacial score (nSPS) is 12.1. The van der Waals surface area contributed by atoms with Crippen LogP contribution in [0.4, 0.5) is 0 Å². The van der Waals surface area contributed by atoms with E-state index in [2.05, 4.69) is 17.0 Å². The molecule has 0 aliphatic heterocycles. The zero-order valence-corrected chi connectivity index (χ0v) is 17.5. The molecular weight excluding hydrogens is 382 g/mol. The molecule has 0 amide bonds. The molecule has 0 saturated carbocycles. The van der Waals surface area contributed by atoms with Gasteiger partial charge in [-0.2, -0.15) is 0 Å². The Bertz CT molecular complexity index is 867. The molecular formula is C24H29NO5. The fourth-order valence-electron chi connectivity index (χ4n) is 3.30. The summed E-state index contributed by atoms with van der Waals surface area (Å²) in [6.45, 7) is 2.42. The maximum Gasteiger partial charge on any atom is 0.161 e. The first-order chi connectivity index (χ1) is 14.7. The van der Waals surface area contributed by atoms with Crippen LogP contribution in [0.25, 0.3) is 0 Å². The SMILES string of the molecule is COc1ccc(CN(Cc2ccccc2)CC(O)COCc2ccco2)cc1OC. The molecule has 6 heteroatoms. The minimum atomic E-state index is -0.621. The van der Waals surface area contributed by atoms with Gasteiger partial charge in [0.1, 0.15) is 12.4 Å². The van der Waals surface area contributed by atoms with Crippen molar-refractivity contribution in [1.82, 2.24) is 4.90 Å². The van der Waals surface area contributed by atoms with Gasteiger partial charge in [0.15, 0.2) is 11.5 Å². The Morgan fingerprint density at radius 2 is 1.67 bits per heavy atom. The largest absolute Gasteiger partial charge is 0.493 e. The van der Waals surface area contributed by atoms with Crippen molar-refractivity contribution in [3.63, 3.8) is 0 Å². The van der Waals surface area contributed by atoms with Gasteiger partial charge in [0.25, 0.3) is 0 Å². The first kappa shape index (κ1) is 21.9. The molecule has 0 aliphatic carbocycles. The quantitative estimate of drug-likeness (QED) is 0.488.